The summed E-state index contributed by atoms with van der Waals surface area (Å²) in [6.45, 7) is 11.2. The highest BCUT2D eigenvalue weighted by atomic mass is 14.8. The van der Waals surface area contributed by atoms with Crippen molar-refractivity contribution in [1.29, 1.82) is 0 Å². The molecule has 0 aromatic heterocycles. The molecule has 0 heterocycles. The lowest BCUT2D eigenvalue weighted by atomic mass is 9.92. The molecule has 0 bridgehead atoms. The molecule has 0 aromatic rings. The topological polar surface area (TPSA) is 38.0 Å². The van der Waals surface area contributed by atoms with Crippen molar-refractivity contribution in [3.63, 3.8) is 0 Å². The highest BCUT2D eigenvalue weighted by molar-refractivity contribution is 4.63. The third-order valence-electron chi connectivity index (χ3n) is 2.31. The smallest absolute Gasteiger partial charge is 0.00104 e. The Morgan fingerprint density at radius 3 is 2.29 bits per heavy atom. The summed E-state index contributed by atoms with van der Waals surface area (Å²) in [4.78, 5) is 0. The molecule has 0 aromatic carbocycles. The van der Waals surface area contributed by atoms with Crippen LogP contribution in [0.4, 0.5) is 0 Å². The molecule has 2 nitrogen and oxygen atoms in total. The standard InChI is InChI=1S/C12H28N2/c1-11(13)7-5-6-9-14-10-8-12(2,3)4/h11,14H,5-10,13H2,1-4H3. The predicted molar refractivity (Wildman–Crippen MR) is 64.4 cm³/mol. The molecule has 0 radical (unpaired) electrons. The zero-order valence-electron chi connectivity index (χ0n) is 10.4. The first-order chi connectivity index (χ1) is 6.42. The van der Waals surface area contributed by atoms with Gasteiger partial charge in [-0.3, -0.25) is 0 Å². The van der Waals surface area contributed by atoms with E-state index in [0.717, 1.165) is 19.5 Å². The highest BCUT2D eigenvalue weighted by Gasteiger charge is 2.08. The average Bonchev–Trinajstić information content (AvgIpc) is 2.00. The minimum atomic E-state index is 0.365. The molecule has 0 aliphatic carbocycles. The second kappa shape index (κ2) is 7.24. The van der Waals surface area contributed by atoms with E-state index < -0.39 is 0 Å². The lowest BCUT2D eigenvalue weighted by molar-refractivity contribution is 0.366. The lowest BCUT2D eigenvalue weighted by Gasteiger charge is -2.18. The average molecular weight is 200 g/mol. The Morgan fingerprint density at radius 1 is 1.14 bits per heavy atom. The Labute approximate surface area is 89.6 Å². The maximum absolute atomic E-state index is 5.67. The van der Waals surface area contributed by atoms with Crippen molar-refractivity contribution < 1.29 is 0 Å². The van der Waals surface area contributed by atoms with Crippen molar-refractivity contribution in [3.8, 4) is 0 Å². The second-order valence-corrected chi connectivity index (χ2v) is 5.53. The molecule has 0 aliphatic heterocycles. The van der Waals surface area contributed by atoms with E-state index in [1.54, 1.807) is 0 Å². The summed E-state index contributed by atoms with van der Waals surface area (Å²) in [5.74, 6) is 0. The van der Waals surface area contributed by atoms with Gasteiger partial charge in [0.1, 0.15) is 0 Å². The third-order valence-corrected chi connectivity index (χ3v) is 2.31. The molecule has 86 valence electrons. The van der Waals surface area contributed by atoms with Gasteiger partial charge >= 0.3 is 0 Å². The van der Waals surface area contributed by atoms with Crippen LogP contribution in [0.15, 0.2) is 0 Å². The van der Waals surface area contributed by atoms with Crippen molar-refractivity contribution in [1.82, 2.24) is 5.32 Å². The van der Waals surface area contributed by atoms with Crippen molar-refractivity contribution in [2.45, 2.75) is 59.4 Å². The van der Waals surface area contributed by atoms with Gasteiger partial charge in [-0.2, -0.15) is 0 Å². The molecule has 1 unspecified atom stereocenters. The molecule has 1 atom stereocenters. The second-order valence-electron chi connectivity index (χ2n) is 5.53. The largest absolute Gasteiger partial charge is 0.328 e. The number of hydrogen-bond acceptors (Lipinski definition) is 2. The highest BCUT2D eigenvalue weighted by Crippen LogP contribution is 2.16. The molecule has 0 fully saturated rings. The molecule has 0 amide bonds. The minimum Gasteiger partial charge on any atom is -0.328 e. The molecule has 0 saturated carbocycles. The van der Waals surface area contributed by atoms with Crippen LogP contribution in [-0.2, 0) is 0 Å². The fourth-order valence-corrected chi connectivity index (χ4v) is 1.30. The summed E-state index contributed by atoms with van der Waals surface area (Å²) >= 11 is 0. The Bertz CT molecular complexity index is 125. The molecule has 14 heavy (non-hydrogen) atoms. The van der Waals surface area contributed by atoms with Crippen molar-refractivity contribution >= 4 is 0 Å². The van der Waals surface area contributed by atoms with Gasteiger partial charge in [0.25, 0.3) is 0 Å². The van der Waals surface area contributed by atoms with Crippen molar-refractivity contribution in [3.05, 3.63) is 0 Å². The van der Waals surface area contributed by atoms with E-state index in [9.17, 15) is 0 Å². The first kappa shape index (κ1) is 13.9. The molecule has 0 saturated heterocycles. The van der Waals surface area contributed by atoms with E-state index in [4.69, 9.17) is 5.73 Å². The molecule has 2 heteroatoms. The van der Waals surface area contributed by atoms with Crippen LogP contribution in [-0.4, -0.2) is 19.1 Å². The van der Waals surface area contributed by atoms with Crippen LogP contribution in [0.25, 0.3) is 0 Å². The van der Waals surface area contributed by atoms with Crippen LogP contribution in [0.5, 0.6) is 0 Å². The number of nitrogens with one attached hydrogen (secondary N) is 1. The summed E-state index contributed by atoms with van der Waals surface area (Å²) in [7, 11) is 0. The van der Waals surface area contributed by atoms with Crippen LogP contribution < -0.4 is 11.1 Å². The van der Waals surface area contributed by atoms with Crippen molar-refractivity contribution in [2.24, 2.45) is 11.1 Å². The van der Waals surface area contributed by atoms with Gasteiger partial charge in [-0.15, -0.1) is 0 Å². The van der Waals surface area contributed by atoms with Gasteiger partial charge in [-0.05, 0) is 44.7 Å². The number of unbranched alkanes of at least 4 members (excludes halogenated alkanes) is 1. The van der Waals surface area contributed by atoms with Crippen LogP contribution in [0, 0.1) is 5.41 Å². The lowest BCUT2D eigenvalue weighted by Crippen LogP contribution is -2.22. The van der Waals surface area contributed by atoms with Gasteiger partial charge in [0.15, 0.2) is 0 Å². The zero-order chi connectivity index (χ0) is 11.0. The zero-order valence-corrected chi connectivity index (χ0v) is 10.4. The van der Waals surface area contributed by atoms with Crippen LogP contribution in [0.2, 0.25) is 0 Å². The van der Waals surface area contributed by atoms with Gasteiger partial charge in [0, 0.05) is 6.04 Å². The normalized spacial score (nSPS) is 14.4. The number of rotatable bonds is 7. The van der Waals surface area contributed by atoms with Gasteiger partial charge < -0.3 is 11.1 Å². The fourth-order valence-electron chi connectivity index (χ4n) is 1.30. The maximum Gasteiger partial charge on any atom is 0.00104 e. The quantitative estimate of drug-likeness (QED) is 0.620. The fraction of sp³-hybridized carbons (Fsp3) is 1.00. The van der Waals surface area contributed by atoms with E-state index in [-0.39, 0.29) is 0 Å². The Morgan fingerprint density at radius 2 is 1.79 bits per heavy atom. The summed E-state index contributed by atoms with van der Waals surface area (Å²) in [5, 5.41) is 3.47. The Hall–Kier alpha value is -0.0800. The number of nitrogens with two attached hydrogens (primary N) is 1. The number of hydrogen-bond donors (Lipinski definition) is 2. The molecule has 0 spiro atoms. The summed E-state index contributed by atoms with van der Waals surface area (Å²) in [6, 6.07) is 0.365. The summed E-state index contributed by atoms with van der Waals surface area (Å²) < 4.78 is 0. The molecule has 3 N–H and O–H groups in total. The van der Waals surface area contributed by atoms with Crippen LogP contribution in [0.1, 0.15) is 53.4 Å². The first-order valence-electron chi connectivity index (χ1n) is 5.88. The summed E-state index contributed by atoms with van der Waals surface area (Å²) in [5.41, 5.74) is 6.13. The van der Waals surface area contributed by atoms with E-state index >= 15 is 0 Å². The minimum absolute atomic E-state index is 0.365. The van der Waals surface area contributed by atoms with Crippen molar-refractivity contribution in [2.75, 3.05) is 13.1 Å². The third kappa shape index (κ3) is 11.9. The van der Waals surface area contributed by atoms with Crippen LogP contribution in [0.3, 0.4) is 0 Å². The molecular formula is C12H28N2. The predicted octanol–water partition coefficient (Wildman–Crippen LogP) is 2.53. The van der Waals surface area contributed by atoms with E-state index in [2.05, 4.69) is 33.0 Å². The monoisotopic (exact) mass is 200 g/mol. The van der Waals surface area contributed by atoms with Crippen LogP contribution >= 0.6 is 0 Å². The van der Waals surface area contributed by atoms with Gasteiger partial charge in [-0.25, -0.2) is 0 Å². The molecular weight excluding hydrogens is 172 g/mol. The van der Waals surface area contributed by atoms with Gasteiger partial charge in [-0.1, -0.05) is 27.2 Å². The Kier molecular flexibility index (Phi) is 7.20. The van der Waals surface area contributed by atoms with E-state index in [1.807, 2.05) is 0 Å². The Balaban J connectivity index is 3.07. The molecule has 0 aliphatic rings. The molecule has 0 rings (SSSR count). The SMILES string of the molecule is CC(N)CCCCNCCC(C)(C)C. The summed E-state index contributed by atoms with van der Waals surface area (Å²) in [6.07, 6.45) is 4.91. The van der Waals surface area contributed by atoms with E-state index in [1.165, 1.54) is 19.3 Å². The first-order valence-corrected chi connectivity index (χ1v) is 5.88. The van der Waals surface area contributed by atoms with Gasteiger partial charge in [0.05, 0.1) is 0 Å². The van der Waals surface area contributed by atoms with Gasteiger partial charge in [0.2, 0.25) is 0 Å². The maximum atomic E-state index is 5.67. The van der Waals surface area contributed by atoms with E-state index in [0.29, 0.717) is 11.5 Å².